The van der Waals surface area contributed by atoms with Gasteiger partial charge < -0.3 is 10.1 Å². The van der Waals surface area contributed by atoms with E-state index < -0.39 is 0 Å². The van der Waals surface area contributed by atoms with Gasteiger partial charge in [-0.15, -0.1) is 21.5 Å². The maximum atomic E-state index is 12.8. The standard InChI is InChI=1S/C19H18N4O2S2/c1-3-16(18(24)21-12-6-4-5-7-15(12)25-2)27-19-14-10-17-13(8-9-26-17)23(14)11-20-22-19/h4-11,16H,3H2,1-2H3,(H,21,24)/t16-/m1/s1. The topological polar surface area (TPSA) is 68.5 Å². The lowest BCUT2D eigenvalue weighted by atomic mass is 10.2. The minimum Gasteiger partial charge on any atom is -0.495 e. The van der Waals surface area contributed by atoms with Crippen LogP contribution in [0.1, 0.15) is 13.3 Å². The number of aromatic nitrogens is 3. The molecule has 1 N–H and O–H groups in total. The first-order valence-electron chi connectivity index (χ1n) is 8.51. The van der Waals surface area contributed by atoms with E-state index in [1.807, 2.05) is 35.6 Å². The molecule has 0 bridgehead atoms. The number of nitrogens with one attached hydrogen (secondary N) is 1. The molecule has 0 aliphatic heterocycles. The maximum absolute atomic E-state index is 12.8. The zero-order valence-electron chi connectivity index (χ0n) is 14.9. The van der Waals surface area contributed by atoms with Crippen molar-refractivity contribution in [3.8, 4) is 5.75 Å². The average Bonchev–Trinajstić information content (AvgIpc) is 3.28. The molecule has 1 amide bonds. The molecule has 4 aromatic rings. The zero-order chi connectivity index (χ0) is 18.8. The van der Waals surface area contributed by atoms with Gasteiger partial charge in [0.05, 0.1) is 33.8 Å². The molecule has 27 heavy (non-hydrogen) atoms. The van der Waals surface area contributed by atoms with Gasteiger partial charge in [-0.05, 0) is 36.1 Å². The molecule has 0 saturated heterocycles. The molecule has 0 saturated carbocycles. The molecule has 0 aliphatic carbocycles. The number of hydrogen-bond acceptors (Lipinski definition) is 6. The Morgan fingerprint density at radius 2 is 2.19 bits per heavy atom. The van der Waals surface area contributed by atoms with Crippen LogP contribution in [0.2, 0.25) is 0 Å². The van der Waals surface area contributed by atoms with Crippen molar-refractivity contribution >= 4 is 50.4 Å². The minimum absolute atomic E-state index is 0.0795. The van der Waals surface area contributed by atoms with Crippen LogP contribution in [0.5, 0.6) is 5.75 Å². The van der Waals surface area contributed by atoms with Crippen LogP contribution in [0, 0.1) is 0 Å². The second-order valence-electron chi connectivity index (χ2n) is 5.91. The van der Waals surface area contributed by atoms with Gasteiger partial charge in [-0.3, -0.25) is 9.20 Å². The van der Waals surface area contributed by atoms with Gasteiger partial charge in [-0.25, -0.2) is 0 Å². The average molecular weight is 399 g/mol. The Hall–Kier alpha value is -2.58. The maximum Gasteiger partial charge on any atom is 0.238 e. The van der Waals surface area contributed by atoms with E-state index in [1.165, 1.54) is 16.5 Å². The molecule has 0 spiro atoms. The number of benzene rings is 1. The quantitative estimate of drug-likeness (QED) is 0.486. The first kappa shape index (κ1) is 17.8. The number of hydrogen-bond donors (Lipinski definition) is 1. The Balaban J connectivity index is 1.60. The predicted octanol–water partition coefficient (Wildman–Crippen LogP) is 4.46. The fourth-order valence-electron chi connectivity index (χ4n) is 2.92. The molecule has 0 fully saturated rings. The van der Waals surface area contributed by atoms with Crippen LogP contribution in [0.4, 0.5) is 5.69 Å². The van der Waals surface area contributed by atoms with E-state index in [4.69, 9.17) is 4.74 Å². The number of carbonyl (C=O) groups is 1. The zero-order valence-corrected chi connectivity index (χ0v) is 16.5. The molecule has 0 radical (unpaired) electrons. The number of methoxy groups -OCH3 is 1. The highest BCUT2D eigenvalue weighted by Crippen LogP contribution is 2.33. The van der Waals surface area contributed by atoms with Crippen molar-refractivity contribution in [1.29, 1.82) is 0 Å². The number of anilines is 1. The van der Waals surface area contributed by atoms with E-state index in [2.05, 4.69) is 33.0 Å². The van der Waals surface area contributed by atoms with Crippen LogP contribution in [0.25, 0.3) is 15.7 Å². The Morgan fingerprint density at radius 3 is 3.00 bits per heavy atom. The van der Waals surface area contributed by atoms with Crippen LogP contribution in [-0.2, 0) is 4.79 Å². The number of nitrogens with zero attached hydrogens (tertiary/aromatic N) is 3. The molecule has 3 aromatic heterocycles. The van der Waals surface area contributed by atoms with Crippen LogP contribution in [0.3, 0.4) is 0 Å². The lowest BCUT2D eigenvalue weighted by molar-refractivity contribution is -0.115. The van der Waals surface area contributed by atoms with Gasteiger partial charge in [-0.2, -0.15) is 0 Å². The number of thioether (sulfide) groups is 1. The van der Waals surface area contributed by atoms with Crippen LogP contribution in [0.15, 0.2) is 53.1 Å². The summed E-state index contributed by atoms with van der Waals surface area (Å²) in [6.07, 6.45) is 2.38. The third-order valence-electron chi connectivity index (χ3n) is 4.28. The summed E-state index contributed by atoms with van der Waals surface area (Å²) in [4.78, 5) is 12.8. The molecule has 3 heterocycles. The van der Waals surface area contributed by atoms with Gasteiger partial charge >= 0.3 is 0 Å². The molecule has 4 rings (SSSR count). The van der Waals surface area contributed by atoms with E-state index in [1.54, 1.807) is 24.8 Å². The summed E-state index contributed by atoms with van der Waals surface area (Å²) in [6, 6.07) is 11.6. The Kier molecular flexibility index (Phi) is 5.00. The molecule has 1 atom stereocenters. The lowest BCUT2D eigenvalue weighted by Crippen LogP contribution is -2.25. The number of thiophene rings is 1. The largest absolute Gasteiger partial charge is 0.495 e. The highest BCUT2D eigenvalue weighted by atomic mass is 32.2. The molecular formula is C19H18N4O2S2. The van der Waals surface area contributed by atoms with Crippen LogP contribution in [-0.4, -0.2) is 32.9 Å². The second kappa shape index (κ2) is 7.58. The van der Waals surface area contributed by atoms with E-state index >= 15 is 0 Å². The number of amides is 1. The van der Waals surface area contributed by atoms with Crippen molar-refractivity contribution in [2.24, 2.45) is 0 Å². The van der Waals surface area contributed by atoms with Gasteiger partial charge in [-0.1, -0.05) is 30.8 Å². The Labute approximate surface area is 164 Å². The van der Waals surface area contributed by atoms with Crippen molar-refractivity contribution in [3.63, 3.8) is 0 Å². The first-order chi connectivity index (χ1) is 13.2. The smallest absolute Gasteiger partial charge is 0.238 e. The van der Waals surface area contributed by atoms with Gasteiger partial charge in [0, 0.05) is 0 Å². The Bertz CT molecular complexity index is 1110. The molecule has 8 heteroatoms. The molecule has 0 unspecified atom stereocenters. The summed E-state index contributed by atoms with van der Waals surface area (Å²) in [5.41, 5.74) is 2.75. The molecule has 6 nitrogen and oxygen atoms in total. The number of carbonyl (C=O) groups excluding carboxylic acids is 1. The van der Waals surface area contributed by atoms with Crippen molar-refractivity contribution in [2.45, 2.75) is 23.6 Å². The number of fused-ring (bicyclic) bond motifs is 3. The third kappa shape index (κ3) is 3.38. The molecule has 138 valence electrons. The van der Waals surface area contributed by atoms with Crippen LogP contribution >= 0.6 is 23.1 Å². The summed E-state index contributed by atoms with van der Waals surface area (Å²) in [7, 11) is 1.59. The van der Waals surface area contributed by atoms with E-state index in [0.717, 1.165) is 16.1 Å². The fraction of sp³-hybridized carbons (Fsp3) is 0.211. The number of para-hydroxylation sites is 2. The highest BCUT2D eigenvalue weighted by molar-refractivity contribution is 8.00. The molecule has 0 aliphatic rings. The van der Waals surface area contributed by atoms with Crippen molar-refractivity contribution in [2.75, 3.05) is 12.4 Å². The summed E-state index contributed by atoms with van der Waals surface area (Å²) < 4.78 is 8.51. The predicted molar refractivity (Wildman–Crippen MR) is 110 cm³/mol. The fourth-order valence-corrected chi connectivity index (χ4v) is 4.70. The SMILES string of the molecule is CC[C@@H](Sc1nncn2c1cc1sccc12)C(=O)Nc1ccccc1OC. The van der Waals surface area contributed by atoms with Crippen molar-refractivity contribution in [1.82, 2.24) is 14.6 Å². The van der Waals surface area contributed by atoms with Gasteiger partial charge in [0.25, 0.3) is 0 Å². The first-order valence-corrected chi connectivity index (χ1v) is 10.3. The van der Waals surface area contributed by atoms with Gasteiger partial charge in [0.1, 0.15) is 17.1 Å². The monoisotopic (exact) mass is 398 g/mol. The Morgan fingerprint density at radius 1 is 1.33 bits per heavy atom. The normalized spacial score (nSPS) is 12.4. The van der Waals surface area contributed by atoms with E-state index in [9.17, 15) is 4.79 Å². The van der Waals surface area contributed by atoms with E-state index in [-0.39, 0.29) is 11.2 Å². The van der Waals surface area contributed by atoms with Crippen LogP contribution < -0.4 is 10.1 Å². The van der Waals surface area contributed by atoms with Crippen molar-refractivity contribution in [3.05, 3.63) is 48.1 Å². The third-order valence-corrected chi connectivity index (χ3v) is 6.48. The molecular weight excluding hydrogens is 380 g/mol. The summed E-state index contributed by atoms with van der Waals surface area (Å²) >= 11 is 3.11. The number of ether oxygens (including phenoxy) is 1. The van der Waals surface area contributed by atoms with Gasteiger partial charge in [0.15, 0.2) is 0 Å². The lowest BCUT2D eigenvalue weighted by Gasteiger charge is -2.16. The van der Waals surface area contributed by atoms with Gasteiger partial charge in [0.2, 0.25) is 5.91 Å². The van der Waals surface area contributed by atoms with E-state index in [0.29, 0.717) is 17.9 Å². The summed E-state index contributed by atoms with van der Waals surface area (Å²) in [6.45, 7) is 1.99. The minimum atomic E-state index is -0.289. The molecule has 1 aromatic carbocycles. The van der Waals surface area contributed by atoms with Crippen molar-refractivity contribution < 1.29 is 9.53 Å². The number of rotatable bonds is 6. The summed E-state index contributed by atoms with van der Waals surface area (Å²) in [5.74, 6) is 0.559. The second-order valence-corrected chi connectivity index (χ2v) is 8.05. The highest BCUT2D eigenvalue weighted by Gasteiger charge is 2.22. The summed E-state index contributed by atoms with van der Waals surface area (Å²) in [5, 5.41) is 13.9.